The van der Waals surface area contributed by atoms with E-state index in [1.165, 1.54) is 5.56 Å². The van der Waals surface area contributed by atoms with Crippen LogP contribution in [-0.4, -0.2) is 10.8 Å². The Labute approximate surface area is 170 Å². The SMILES string of the molecule is [C-]#[N+]c1ccc(-c2ccc3nc(CC(=O)c4ccc(C)c(C)c4)ccc3c2)cc1. The molecule has 0 amide bonds. The summed E-state index contributed by atoms with van der Waals surface area (Å²) in [6, 6.07) is 23.4. The zero-order valence-corrected chi connectivity index (χ0v) is 16.4. The largest absolute Gasteiger partial charge is 0.294 e. The summed E-state index contributed by atoms with van der Waals surface area (Å²) in [6.07, 6.45) is 0.290. The van der Waals surface area contributed by atoms with E-state index in [9.17, 15) is 4.79 Å². The predicted molar refractivity (Wildman–Crippen MR) is 117 cm³/mol. The van der Waals surface area contributed by atoms with Crippen LogP contribution in [0.2, 0.25) is 0 Å². The van der Waals surface area contributed by atoms with Crippen molar-refractivity contribution < 1.29 is 4.79 Å². The number of aromatic nitrogens is 1. The van der Waals surface area contributed by atoms with Gasteiger partial charge in [0.2, 0.25) is 0 Å². The number of pyridine rings is 1. The molecule has 0 fully saturated rings. The van der Waals surface area contributed by atoms with Crippen LogP contribution in [0.25, 0.3) is 26.9 Å². The monoisotopic (exact) mass is 376 g/mol. The van der Waals surface area contributed by atoms with Gasteiger partial charge in [-0.15, -0.1) is 0 Å². The Balaban J connectivity index is 1.58. The normalized spacial score (nSPS) is 10.7. The van der Waals surface area contributed by atoms with Crippen molar-refractivity contribution >= 4 is 22.4 Å². The molecule has 1 heterocycles. The molecule has 4 rings (SSSR count). The second-order valence-corrected chi connectivity index (χ2v) is 7.27. The lowest BCUT2D eigenvalue weighted by atomic mass is 10.00. The fraction of sp³-hybridized carbons (Fsp3) is 0.115. The second-order valence-electron chi connectivity index (χ2n) is 7.27. The first-order chi connectivity index (χ1) is 14.0. The first-order valence-electron chi connectivity index (χ1n) is 9.51. The molecule has 3 heteroatoms. The summed E-state index contributed by atoms with van der Waals surface area (Å²) in [7, 11) is 0. The van der Waals surface area contributed by atoms with Crippen LogP contribution in [0, 0.1) is 20.4 Å². The van der Waals surface area contributed by atoms with E-state index in [0.29, 0.717) is 5.69 Å². The van der Waals surface area contributed by atoms with Crippen molar-refractivity contribution in [2.75, 3.05) is 0 Å². The predicted octanol–water partition coefficient (Wildman–Crippen LogP) is 6.49. The lowest BCUT2D eigenvalue weighted by Crippen LogP contribution is -2.05. The van der Waals surface area contributed by atoms with Gasteiger partial charge in [-0.3, -0.25) is 9.78 Å². The fourth-order valence-electron chi connectivity index (χ4n) is 3.36. The molecule has 0 saturated carbocycles. The van der Waals surface area contributed by atoms with Gasteiger partial charge in [0.25, 0.3) is 0 Å². The summed E-state index contributed by atoms with van der Waals surface area (Å²) >= 11 is 0. The van der Waals surface area contributed by atoms with Gasteiger partial charge in [0.1, 0.15) is 0 Å². The molecular weight excluding hydrogens is 356 g/mol. The highest BCUT2D eigenvalue weighted by Crippen LogP contribution is 2.26. The van der Waals surface area contributed by atoms with Crippen LogP contribution in [-0.2, 0) is 6.42 Å². The third-order valence-corrected chi connectivity index (χ3v) is 5.25. The molecular formula is C26H20N2O. The molecule has 0 radical (unpaired) electrons. The summed E-state index contributed by atoms with van der Waals surface area (Å²) in [5, 5.41) is 1.03. The summed E-state index contributed by atoms with van der Waals surface area (Å²) in [5.74, 6) is 0.0801. The maximum Gasteiger partial charge on any atom is 0.187 e. The van der Waals surface area contributed by atoms with Crippen molar-refractivity contribution in [3.05, 3.63) is 107 Å². The van der Waals surface area contributed by atoms with Crippen LogP contribution < -0.4 is 0 Å². The van der Waals surface area contributed by atoms with E-state index in [1.807, 2.05) is 80.6 Å². The lowest BCUT2D eigenvalue weighted by Gasteiger charge is -2.07. The Bertz CT molecular complexity index is 1260. The molecule has 0 saturated heterocycles. The molecule has 3 aromatic carbocycles. The van der Waals surface area contributed by atoms with Gasteiger partial charge in [0.15, 0.2) is 11.5 Å². The summed E-state index contributed by atoms with van der Waals surface area (Å²) in [6.45, 7) is 11.1. The topological polar surface area (TPSA) is 34.3 Å². The molecule has 29 heavy (non-hydrogen) atoms. The van der Waals surface area contributed by atoms with E-state index in [0.717, 1.165) is 38.9 Å². The third-order valence-electron chi connectivity index (χ3n) is 5.25. The number of Topliss-reactive ketones (excluding diaryl/α,β-unsaturated/α-hetero) is 1. The van der Waals surface area contributed by atoms with Crippen molar-refractivity contribution in [2.45, 2.75) is 20.3 Å². The van der Waals surface area contributed by atoms with E-state index < -0.39 is 0 Å². The van der Waals surface area contributed by atoms with Crippen LogP contribution in [0.5, 0.6) is 0 Å². The number of hydrogen-bond donors (Lipinski definition) is 0. The maximum absolute atomic E-state index is 12.6. The van der Waals surface area contributed by atoms with Gasteiger partial charge >= 0.3 is 0 Å². The minimum Gasteiger partial charge on any atom is -0.294 e. The zero-order chi connectivity index (χ0) is 20.4. The first-order valence-corrected chi connectivity index (χ1v) is 9.51. The van der Waals surface area contributed by atoms with E-state index in [-0.39, 0.29) is 12.2 Å². The molecule has 1 aromatic heterocycles. The molecule has 140 valence electrons. The average molecular weight is 376 g/mol. The number of carbonyl (C=O) groups is 1. The molecule has 4 aromatic rings. The molecule has 0 N–H and O–H groups in total. The Morgan fingerprint density at radius 3 is 2.34 bits per heavy atom. The van der Waals surface area contributed by atoms with E-state index in [1.54, 1.807) is 0 Å². The van der Waals surface area contributed by atoms with E-state index in [2.05, 4.69) is 15.9 Å². The van der Waals surface area contributed by atoms with Crippen molar-refractivity contribution in [1.29, 1.82) is 0 Å². The van der Waals surface area contributed by atoms with Gasteiger partial charge in [-0.05, 0) is 60.4 Å². The standard InChI is InChI=1S/C26H20N2O/c1-17-4-5-22(14-18(17)2)26(29)16-24-12-8-21-15-20(9-13-25(21)28-24)19-6-10-23(27-3)11-7-19/h4-15H,16H2,1-2H3. The van der Waals surface area contributed by atoms with Crippen molar-refractivity contribution in [1.82, 2.24) is 4.98 Å². The number of nitrogens with zero attached hydrogens (tertiary/aromatic N) is 2. The third kappa shape index (κ3) is 3.93. The van der Waals surface area contributed by atoms with Crippen LogP contribution in [0.1, 0.15) is 27.2 Å². The zero-order valence-electron chi connectivity index (χ0n) is 16.4. The molecule has 0 atom stereocenters. The number of aryl methyl sites for hydroxylation is 2. The Hall–Kier alpha value is -3.77. The minimum absolute atomic E-state index is 0.0801. The van der Waals surface area contributed by atoms with Gasteiger partial charge < -0.3 is 0 Å². The number of carbonyl (C=O) groups excluding carboxylic acids is 1. The molecule has 0 aliphatic carbocycles. The van der Waals surface area contributed by atoms with E-state index in [4.69, 9.17) is 6.57 Å². The average Bonchev–Trinajstić information content (AvgIpc) is 2.75. The Morgan fingerprint density at radius 2 is 1.62 bits per heavy atom. The molecule has 0 aliphatic heterocycles. The van der Waals surface area contributed by atoms with Gasteiger partial charge in [-0.2, -0.15) is 0 Å². The van der Waals surface area contributed by atoms with Crippen LogP contribution in [0.3, 0.4) is 0 Å². The molecule has 3 nitrogen and oxygen atoms in total. The number of rotatable bonds is 4. The second kappa shape index (κ2) is 7.69. The van der Waals surface area contributed by atoms with Crippen molar-refractivity contribution in [2.24, 2.45) is 0 Å². The quantitative estimate of drug-likeness (QED) is 0.301. The molecule has 0 spiro atoms. The van der Waals surface area contributed by atoms with Crippen molar-refractivity contribution in [3.63, 3.8) is 0 Å². The van der Waals surface area contributed by atoms with Crippen molar-refractivity contribution in [3.8, 4) is 11.1 Å². The highest BCUT2D eigenvalue weighted by Gasteiger charge is 2.10. The smallest absolute Gasteiger partial charge is 0.187 e. The van der Waals surface area contributed by atoms with Crippen LogP contribution in [0.15, 0.2) is 72.8 Å². The molecule has 0 bridgehead atoms. The number of ketones is 1. The number of benzene rings is 3. The van der Waals surface area contributed by atoms with Gasteiger partial charge in [-0.1, -0.05) is 48.5 Å². The lowest BCUT2D eigenvalue weighted by molar-refractivity contribution is 0.0992. The summed E-state index contributed by atoms with van der Waals surface area (Å²) < 4.78 is 0. The number of fused-ring (bicyclic) bond motifs is 1. The summed E-state index contributed by atoms with van der Waals surface area (Å²) in [4.78, 5) is 20.8. The Kier molecular flexibility index (Phi) is 4.93. The highest BCUT2D eigenvalue weighted by atomic mass is 16.1. The van der Waals surface area contributed by atoms with Gasteiger partial charge in [-0.25, -0.2) is 4.85 Å². The maximum atomic E-state index is 12.6. The number of hydrogen-bond acceptors (Lipinski definition) is 2. The van der Waals surface area contributed by atoms with E-state index >= 15 is 0 Å². The van der Waals surface area contributed by atoms with Gasteiger partial charge in [0, 0.05) is 16.6 Å². The van der Waals surface area contributed by atoms with Crippen LogP contribution >= 0.6 is 0 Å². The first kappa shape index (κ1) is 18.6. The molecule has 0 aliphatic rings. The fourth-order valence-corrected chi connectivity index (χ4v) is 3.36. The summed E-state index contributed by atoms with van der Waals surface area (Å²) in [5.41, 5.74) is 7.46. The molecule has 0 unspecified atom stereocenters. The van der Waals surface area contributed by atoms with Gasteiger partial charge in [0.05, 0.1) is 18.5 Å². The van der Waals surface area contributed by atoms with Crippen LogP contribution in [0.4, 0.5) is 5.69 Å². The highest BCUT2D eigenvalue weighted by molar-refractivity contribution is 5.98. The minimum atomic E-state index is 0.0801. The Morgan fingerprint density at radius 1 is 0.862 bits per heavy atom.